The van der Waals surface area contributed by atoms with Gasteiger partial charge in [-0.2, -0.15) is 5.26 Å². The van der Waals surface area contributed by atoms with Crippen molar-refractivity contribution in [2.75, 3.05) is 10.6 Å². The molecule has 1 fully saturated rings. The van der Waals surface area contributed by atoms with Crippen molar-refractivity contribution in [1.29, 1.82) is 5.26 Å². The first kappa shape index (κ1) is 28.3. The summed E-state index contributed by atoms with van der Waals surface area (Å²) in [6.45, 7) is 0. The van der Waals surface area contributed by atoms with Crippen LogP contribution < -0.4 is 15.4 Å². The summed E-state index contributed by atoms with van der Waals surface area (Å²) in [5.74, 6) is -0.881. The van der Waals surface area contributed by atoms with Gasteiger partial charge in [-0.3, -0.25) is 4.98 Å². The smallest absolute Gasteiger partial charge is 0.404 e. The molecule has 1 aliphatic rings. The molecule has 43 heavy (non-hydrogen) atoms. The first-order chi connectivity index (χ1) is 20.5. The lowest BCUT2D eigenvalue weighted by Crippen LogP contribution is -2.37. The molecule has 8 nitrogen and oxygen atoms in total. The predicted molar refractivity (Wildman–Crippen MR) is 156 cm³/mol. The van der Waals surface area contributed by atoms with Crippen LogP contribution in [0.25, 0.3) is 10.9 Å². The molecule has 1 unspecified atom stereocenters. The number of nitriles is 1. The minimum atomic E-state index is -4.93. The maximum Gasteiger partial charge on any atom is 0.573 e. The van der Waals surface area contributed by atoms with Gasteiger partial charge in [0.25, 0.3) is 0 Å². The van der Waals surface area contributed by atoms with E-state index in [9.17, 15) is 22.8 Å². The molecular formula is C29H21BClF4N7O. The molecule has 0 saturated heterocycles. The van der Waals surface area contributed by atoms with Crippen LogP contribution in [-0.4, -0.2) is 34.2 Å². The largest absolute Gasteiger partial charge is 0.573 e. The van der Waals surface area contributed by atoms with Gasteiger partial charge in [0.1, 0.15) is 25.4 Å². The summed E-state index contributed by atoms with van der Waals surface area (Å²) < 4.78 is 59.2. The van der Waals surface area contributed by atoms with E-state index < -0.39 is 23.4 Å². The van der Waals surface area contributed by atoms with Crippen molar-refractivity contribution in [2.24, 2.45) is 0 Å². The summed E-state index contributed by atoms with van der Waals surface area (Å²) in [6, 6.07) is 17.1. The van der Waals surface area contributed by atoms with E-state index in [1.165, 1.54) is 36.5 Å². The third kappa shape index (κ3) is 5.78. The monoisotopic (exact) mass is 605 g/mol. The first-order valence-electron chi connectivity index (χ1n) is 13.1. The second-order valence-corrected chi connectivity index (χ2v) is 10.7. The molecule has 2 aromatic heterocycles. The van der Waals surface area contributed by atoms with Gasteiger partial charge in [0.05, 0.1) is 45.2 Å². The Morgan fingerprint density at radius 1 is 1.09 bits per heavy atom. The molecule has 14 heteroatoms. The highest BCUT2D eigenvalue weighted by molar-refractivity contribution is 6.36. The molecule has 3 aromatic carbocycles. The van der Waals surface area contributed by atoms with Crippen molar-refractivity contribution < 1.29 is 22.3 Å². The van der Waals surface area contributed by atoms with Crippen LogP contribution in [-0.2, 0) is 5.44 Å². The van der Waals surface area contributed by atoms with Crippen LogP contribution in [0.5, 0.6) is 5.75 Å². The Bertz CT molecular complexity index is 1870. The van der Waals surface area contributed by atoms with Gasteiger partial charge in [-0.25, -0.2) is 9.07 Å². The number of halogens is 5. The van der Waals surface area contributed by atoms with E-state index in [1.54, 1.807) is 28.9 Å². The summed E-state index contributed by atoms with van der Waals surface area (Å²) in [5.41, 5.74) is 1.26. The van der Waals surface area contributed by atoms with Crippen molar-refractivity contribution in [3.63, 3.8) is 0 Å². The third-order valence-corrected chi connectivity index (χ3v) is 7.47. The number of nitrogens with zero attached hydrogens (tertiary/aromatic N) is 5. The minimum absolute atomic E-state index is 0.0221. The number of para-hydroxylation sites is 2. The zero-order valence-corrected chi connectivity index (χ0v) is 23.2. The van der Waals surface area contributed by atoms with E-state index in [4.69, 9.17) is 11.6 Å². The van der Waals surface area contributed by atoms with Crippen LogP contribution in [0.15, 0.2) is 73.1 Å². The summed E-state index contributed by atoms with van der Waals surface area (Å²) in [4.78, 5) is 4.33. The molecule has 0 aliphatic heterocycles. The molecule has 2 heterocycles. The van der Waals surface area contributed by atoms with Crippen LogP contribution >= 0.6 is 11.6 Å². The lowest BCUT2D eigenvalue weighted by molar-refractivity contribution is -0.274. The Morgan fingerprint density at radius 2 is 1.84 bits per heavy atom. The Labute approximate surface area is 248 Å². The molecule has 1 saturated carbocycles. The molecular weight excluding hydrogens is 585 g/mol. The van der Waals surface area contributed by atoms with E-state index in [2.05, 4.69) is 30.7 Å². The molecule has 1 aliphatic carbocycles. The number of fused-ring (bicyclic) bond motifs is 1. The molecule has 0 spiro atoms. The van der Waals surface area contributed by atoms with Gasteiger partial charge in [0.2, 0.25) is 0 Å². The standard InChI is InChI=1S/C29H21BClF4N7O/c30-28(17-5-7-18(32)8-6-17,25-15-42(41-40-25)20-9-10-20)39-19-11-21-26(16(13-36)14-37-27(21)22(31)12-19)38-23-3-1-2-4-24(23)43-29(33,34)35/h1-8,11-12,14-15,20,39H,9-10,30H2,(H,37,38). The number of alkyl halides is 3. The lowest BCUT2D eigenvalue weighted by atomic mass is 9.69. The van der Waals surface area contributed by atoms with Gasteiger partial charge in [0, 0.05) is 17.3 Å². The maximum atomic E-state index is 13.9. The molecule has 1 atom stereocenters. The summed E-state index contributed by atoms with van der Waals surface area (Å²) in [6.07, 6.45) is 0.213. The van der Waals surface area contributed by atoms with Gasteiger partial charge in [-0.15, -0.1) is 18.3 Å². The zero-order valence-electron chi connectivity index (χ0n) is 22.5. The van der Waals surface area contributed by atoms with Crippen LogP contribution in [0.1, 0.15) is 35.7 Å². The summed E-state index contributed by atoms with van der Waals surface area (Å²) >= 11 is 6.68. The third-order valence-electron chi connectivity index (χ3n) is 7.18. The molecule has 2 N–H and O–H groups in total. The van der Waals surface area contributed by atoms with Crippen molar-refractivity contribution in [3.05, 3.63) is 101 Å². The molecule has 0 bridgehead atoms. The Hall–Kier alpha value is -4.83. The molecule has 216 valence electrons. The van der Waals surface area contributed by atoms with Crippen LogP contribution in [0.3, 0.4) is 0 Å². The summed E-state index contributed by atoms with van der Waals surface area (Å²) in [7, 11) is 1.87. The number of rotatable bonds is 8. The van der Waals surface area contributed by atoms with E-state index in [0.717, 1.165) is 18.9 Å². The second kappa shape index (κ2) is 10.8. The number of anilines is 3. The van der Waals surface area contributed by atoms with Gasteiger partial charge in [-0.05, 0) is 54.8 Å². The quantitative estimate of drug-likeness (QED) is 0.156. The highest BCUT2D eigenvalue weighted by Gasteiger charge is 2.35. The van der Waals surface area contributed by atoms with Crippen molar-refractivity contribution in [3.8, 4) is 11.8 Å². The Balaban J connectivity index is 1.46. The number of nitrogens with one attached hydrogen (secondary N) is 2. The van der Waals surface area contributed by atoms with Crippen LogP contribution in [0.4, 0.5) is 34.6 Å². The number of aromatic nitrogens is 4. The Morgan fingerprint density at radius 3 is 2.53 bits per heavy atom. The van der Waals surface area contributed by atoms with Crippen molar-refractivity contribution in [2.45, 2.75) is 30.7 Å². The fourth-order valence-electron chi connectivity index (χ4n) is 4.85. The molecule has 0 radical (unpaired) electrons. The molecule has 0 amide bonds. The zero-order chi connectivity index (χ0) is 30.4. The number of ether oxygens (including phenoxy) is 1. The average molecular weight is 606 g/mol. The van der Waals surface area contributed by atoms with Gasteiger partial charge >= 0.3 is 6.36 Å². The highest BCUT2D eigenvalue weighted by Crippen LogP contribution is 2.40. The fraction of sp³-hybridized carbons (Fsp3) is 0.172. The van der Waals surface area contributed by atoms with Gasteiger partial charge < -0.3 is 15.4 Å². The van der Waals surface area contributed by atoms with E-state index in [1.807, 2.05) is 20.1 Å². The van der Waals surface area contributed by atoms with Crippen molar-refractivity contribution >= 4 is 47.4 Å². The van der Waals surface area contributed by atoms with Crippen molar-refractivity contribution in [1.82, 2.24) is 20.0 Å². The minimum Gasteiger partial charge on any atom is -0.404 e. The second-order valence-electron chi connectivity index (χ2n) is 10.3. The van der Waals surface area contributed by atoms with E-state index in [-0.39, 0.29) is 28.0 Å². The highest BCUT2D eigenvalue weighted by atomic mass is 35.5. The topological polar surface area (TPSA) is 101 Å². The first-order valence-corrected chi connectivity index (χ1v) is 13.5. The number of hydrogen-bond donors (Lipinski definition) is 2. The SMILES string of the molecule is BC(Nc1cc(Cl)c2ncc(C#N)c(Nc3ccccc3OC(F)(F)F)c2c1)(c1ccc(F)cc1)c1cn(C2CC2)nn1. The van der Waals surface area contributed by atoms with Crippen LogP contribution in [0.2, 0.25) is 5.02 Å². The molecule has 5 aromatic rings. The fourth-order valence-corrected chi connectivity index (χ4v) is 5.12. The molecule has 6 rings (SSSR count). The summed E-state index contributed by atoms with van der Waals surface area (Å²) in [5, 5.41) is 25.5. The lowest BCUT2D eigenvalue weighted by Gasteiger charge is -2.31. The predicted octanol–water partition coefficient (Wildman–Crippen LogP) is 6.41. The number of hydrogen-bond acceptors (Lipinski definition) is 7. The van der Waals surface area contributed by atoms with Gasteiger partial charge in [-0.1, -0.05) is 41.1 Å². The normalized spacial score (nSPS) is 14.6. The maximum absolute atomic E-state index is 13.9. The van der Waals surface area contributed by atoms with Gasteiger partial charge in [0.15, 0.2) is 5.75 Å². The average Bonchev–Trinajstić information content (AvgIpc) is 3.69. The Kier molecular flexibility index (Phi) is 7.10. The number of benzene rings is 3. The van der Waals surface area contributed by atoms with E-state index >= 15 is 0 Å². The van der Waals surface area contributed by atoms with Crippen LogP contribution in [0, 0.1) is 17.1 Å². The van der Waals surface area contributed by atoms with E-state index in [0.29, 0.717) is 27.8 Å². The number of pyridine rings is 1.